The van der Waals surface area contributed by atoms with Crippen LogP contribution in [0.25, 0.3) is 33.5 Å². The summed E-state index contributed by atoms with van der Waals surface area (Å²) >= 11 is 0. The molecule has 0 bridgehead atoms. The van der Waals surface area contributed by atoms with Crippen molar-refractivity contribution in [3.63, 3.8) is 0 Å². The van der Waals surface area contributed by atoms with Gasteiger partial charge < -0.3 is 15.3 Å². The SMILES string of the molecule is CCOc1nc2cccc(C(=O)ONC(N)=Nc3ccccc3)c2n1Cc1ccc(-c2ccccc2-c2noc(=O)[nH]2)cc1. The molecule has 12 heteroatoms. The number of benzene rings is 4. The Morgan fingerprint density at radius 3 is 2.45 bits per heavy atom. The molecule has 0 aliphatic rings. The lowest BCUT2D eigenvalue weighted by atomic mass is 9.98. The molecule has 0 spiro atoms. The van der Waals surface area contributed by atoms with Crippen molar-refractivity contribution >= 4 is 28.6 Å². The van der Waals surface area contributed by atoms with Gasteiger partial charge in [0.1, 0.15) is 0 Å². The van der Waals surface area contributed by atoms with Crippen molar-refractivity contribution < 1.29 is 18.9 Å². The number of guanidine groups is 1. The molecule has 0 fully saturated rings. The quantitative estimate of drug-likeness (QED) is 0.129. The number of nitrogens with zero attached hydrogens (tertiary/aromatic N) is 4. The molecule has 44 heavy (non-hydrogen) atoms. The average molecular weight is 590 g/mol. The van der Waals surface area contributed by atoms with Gasteiger partial charge in [0.25, 0.3) is 6.01 Å². The number of nitrogens with one attached hydrogen (secondary N) is 2. The highest BCUT2D eigenvalue weighted by Gasteiger charge is 2.21. The summed E-state index contributed by atoms with van der Waals surface area (Å²) in [4.78, 5) is 41.5. The Balaban J connectivity index is 1.28. The minimum absolute atomic E-state index is 0.0724. The Labute approximate surface area is 250 Å². The number of aliphatic imine (C=N–C) groups is 1. The van der Waals surface area contributed by atoms with Crippen LogP contribution in [0.5, 0.6) is 6.01 Å². The molecule has 2 aromatic heterocycles. The number of aromatic nitrogens is 4. The molecule has 0 aliphatic carbocycles. The zero-order valence-electron chi connectivity index (χ0n) is 23.6. The van der Waals surface area contributed by atoms with Gasteiger partial charge in [-0.25, -0.2) is 14.6 Å². The van der Waals surface area contributed by atoms with Crippen LogP contribution in [-0.4, -0.2) is 38.2 Å². The maximum atomic E-state index is 13.2. The van der Waals surface area contributed by atoms with Gasteiger partial charge >= 0.3 is 11.7 Å². The Bertz CT molecular complexity index is 2010. The number of nitrogens with two attached hydrogens (primary N) is 1. The first-order valence-electron chi connectivity index (χ1n) is 13.7. The molecule has 0 aliphatic heterocycles. The average Bonchev–Trinajstić information content (AvgIpc) is 3.64. The van der Waals surface area contributed by atoms with Gasteiger partial charge in [0.05, 0.1) is 35.4 Å². The highest BCUT2D eigenvalue weighted by molar-refractivity contribution is 6.03. The molecule has 12 nitrogen and oxygen atoms in total. The first-order chi connectivity index (χ1) is 21.5. The van der Waals surface area contributed by atoms with Crippen LogP contribution in [0.15, 0.2) is 111 Å². The van der Waals surface area contributed by atoms with Crippen molar-refractivity contribution in [2.45, 2.75) is 13.5 Å². The van der Waals surface area contributed by atoms with Crippen molar-refractivity contribution in [1.29, 1.82) is 0 Å². The highest BCUT2D eigenvalue weighted by Crippen LogP contribution is 2.31. The van der Waals surface area contributed by atoms with Crippen LogP contribution >= 0.6 is 0 Å². The molecule has 0 atom stereocenters. The lowest BCUT2D eigenvalue weighted by molar-refractivity contribution is 0.0386. The monoisotopic (exact) mass is 589 g/mol. The van der Waals surface area contributed by atoms with Crippen molar-refractivity contribution in [2.75, 3.05) is 6.61 Å². The lowest BCUT2D eigenvalue weighted by Crippen LogP contribution is -2.33. The van der Waals surface area contributed by atoms with Crippen LogP contribution in [0.4, 0.5) is 5.69 Å². The van der Waals surface area contributed by atoms with Crippen molar-refractivity contribution in [2.24, 2.45) is 10.7 Å². The van der Waals surface area contributed by atoms with E-state index in [0.717, 1.165) is 22.3 Å². The first kappa shape index (κ1) is 28.0. The molecule has 0 saturated carbocycles. The van der Waals surface area contributed by atoms with E-state index < -0.39 is 11.7 Å². The molecule has 6 aromatic rings. The third-order valence-corrected chi connectivity index (χ3v) is 6.71. The number of ether oxygens (including phenoxy) is 1. The number of fused-ring (bicyclic) bond motifs is 1. The van der Waals surface area contributed by atoms with E-state index in [9.17, 15) is 9.59 Å². The number of hydrogen-bond acceptors (Lipinski definition) is 8. The summed E-state index contributed by atoms with van der Waals surface area (Å²) in [6.07, 6.45) is 0. The largest absolute Gasteiger partial charge is 0.465 e. The van der Waals surface area contributed by atoms with Gasteiger partial charge in [-0.2, -0.15) is 10.5 Å². The smallest absolute Gasteiger partial charge is 0.439 e. The van der Waals surface area contributed by atoms with Crippen LogP contribution < -0.4 is 21.7 Å². The number of carbonyl (C=O) groups excluding carboxylic acids is 1. The standard InChI is InChI=1S/C32H27N7O5/c1-2-42-31-35-26-14-8-13-25(29(40)43-38-30(33)34-22-9-4-3-5-10-22)27(26)39(31)19-20-15-17-21(18-16-20)23-11-6-7-12-24(23)28-36-32(41)44-37-28/h3-18H,2,19H2,1H3,(H3,33,34,38)(H,36,37,41). The van der Waals surface area contributed by atoms with Gasteiger partial charge in [-0.3, -0.25) is 14.1 Å². The van der Waals surface area contributed by atoms with Gasteiger partial charge in [0.15, 0.2) is 5.82 Å². The predicted octanol–water partition coefficient (Wildman–Crippen LogP) is 4.80. The number of hydroxylamine groups is 1. The summed E-state index contributed by atoms with van der Waals surface area (Å²) in [5.74, 6) is -1.01. The first-order valence-corrected chi connectivity index (χ1v) is 13.7. The summed E-state index contributed by atoms with van der Waals surface area (Å²) in [5.41, 5.74) is 13.8. The van der Waals surface area contributed by atoms with Crippen LogP contribution in [0.2, 0.25) is 0 Å². The molecule has 0 saturated heterocycles. The molecular weight excluding hydrogens is 562 g/mol. The van der Waals surface area contributed by atoms with E-state index in [1.54, 1.807) is 30.3 Å². The van der Waals surface area contributed by atoms with Crippen LogP contribution in [0.1, 0.15) is 22.8 Å². The molecular formula is C32H27N7O5. The summed E-state index contributed by atoms with van der Waals surface area (Å²) in [6, 6.07) is 30.1. The Hall–Kier alpha value is -6.17. The van der Waals surface area contributed by atoms with E-state index in [0.29, 0.717) is 41.7 Å². The summed E-state index contributed by atoms with van der Waals surface area (Å²) in [6.45, 7) is 2.61. The minimum Gasteiger partial charge on any atom is -0.465 e. The maximum absolute atomic E-state index is 13.2. The fourth-order valence-electron chi connectivity index (χ4n) is 4.79. The third-order valence-electron chi connectivity index (χ3n) is 6.71. The fourth-order valence-corrected chi connectivity index (χ4v) is 4.79. The zero-order chi connectivity index (χ0) is 30.5. The predicted molar refractivity (Wildman–Crippen MR) is 164 cm³/mol. The molecule has 4 N–H and O–H groups in total. The number of para-hydroxylation sites is 2. The van der Waals surface area contributed by atoms with E-state index in [1.807, 2.05) is 78.2 Å². The summed E-state index contributed by atoms with van der Waals surface area (Å²) in [5, 5.41) is 3.84. The molecule has 6 rings (SSSR count). The fraction of sp³-hybridized carbons (Fsp3) is 0.0938. The second-order valence-electron chi connectivity index (χ2n) is 9.60. The number of rotatable bonds is 8. The Morgan fingerprint density at radius 2 is 1.73 bits per heavy atom. The second kappa shape index (κ2) is 12.4. The van der Waals surface area contributed by atoms with E-state index in [1.165, 1.54) is 0 Å². The van der Waals surface area contributed by atoms with Crippen LogP contribution in [-0.2, 0) is 11.4 Å². The van der Waals surface area contributed by atoms with Crippen molar-refractivity contribution in [1.82, 2.24) is 25.2 Å². The van der Waals surface area contributed by atoms with E-state index in [4.69, 9.17) is 19.8 Å². The van der Waals surface area contributed by atoms with E-state index >= 15 is 0 Å². The topological polar surface area (TPSA) is 163 Å². The van der Waals surface area contributed by atoms with Gasteiger partial charge in [-0.1, -0.05) is 78.0 Å². The molecule has 4 aromatic carbocycles. The minimum atomic E-state index is -0.663. The summed E-state index contributed by atoms with van der Waals surface area (Å²) in [7, 11) is 0. The van der Waals surface area contributed by atoms with Gasteiger partial charge in [0.2, 0.25) is 5.96 Å². The van der Waals surface area contributed by atoms with Crippen molar-refractivity contribution in [3.05, 3.63) is 119 Å². The van der Waals surface area contributed by atoms with Gasteiger partial charge in [-0.05, 0) is 47.9 Å². The molecule has 220 valence electrons. The Kier molecular flexibility index (Phi) is 7.86. The third kappa shape index (κ3) is 5.90. The number of aromatic amines is 1. The maximum Gasteiger partial charge on any atom is 0.439 e. The van der Waals surface area contributed by atoms with Crippen LogP contribution in [0, 0.1) is 0 Å². The van der Waals surface area contributed by atoms with Crippen molar-refractivity contribution in [3.8, 4) is 28.5 Å². The van der Waals surface area contributed by atoms with Gasteiger partial charge in [0, 0.05) is 5.56 Å². The van der Waals surface area contributed by atoms with E-state index in [2.05, 4.69) is 25.6 Å². The van der Waals surface area contributed by atoms with Crippen LogP contribution in [0.3, 0.4) is 0 Å². The molecule has 2 heterocycles. The van der Waals surface area contributed by atoms with E-state index in [-0.39, 0.29) is 11.5 Å². The summed E-state index contributed by atoms with van der Waals surface area (Å²) < 4.78 is 12.4. The highest BCUT2D eigenvalue weighted by atomic mass is 16.7. The number of carbonyl (C=O) groups is 1. The molecule has 0 unspecified atom stereocenters. The normalized spacial score (nSPS) is 11.4. The Morgan fingerprint density at radius 1 is 0.977 bits per heavy atom. The number of H-pyrrole nitrogens is 1. The second-order valence-corrected chi connectivity index (χ2v) is 9.60. The van der Waals surface area contributed by atoms with Gasteiger partial charge in [-0.15, -0.1) is 0 Å². The molecule has 0 radical (unpaired) electrons. The number of imidazole rings is 1. The zero-order valence-corrected chi connectivity index (χ0v) is 23.6. The lowest BCUT2D eigenvalue weighted by Gasteiger charge is -2.13. The molecule has 0 amide bonds. The number of hydrogen-bond donors (Lipinski definition) is 3.